The van der Waals surface area contributed by atoms with Crippen LogP contribution in [0.5, 0.6) is 0 Å². The molecule has 0 aliphatic carbocycles. The van der Waals surface area contributed by atoms with E-state index in [9.17, 15) is 28.6 Å². The third-order valence-corrected chi connectivity index (χ3v) is 7.83. The first-order chi connectivity index (χ1) is 16.8. The summed E-state index contributed by atoms with van der Waals surface area (Å²) in [6, 6.07) is 8.18. The van der Waals surface area contributed by atoms with Crippen LogP contribution >= 0.6 is 11.5 Å². The fourth-order valence-electron chi connectivity index (χ4n) is 3.63. The van der Waals surface area contributed by atoms with Crippen LogP contribution in [-0.4, -0.2) is 38.9 Å². The molecule has 2 heterocycles. The van der Waals surface area contributed by atoms with Crippen molar-refractivity contribution in [3.63, 3.8) is 0 Å². The molecule has 1 amide bonds. The van der Waals surface area contributed by atoms with Crippen molar-refractivity contribution >= 4 is 44.2 Å². The summed E-state index contributed by atoms with van der Waals surface area (Å²) in [5, 5.41) is 22.9. The summed E-state index contributed by atoms with van der Waals surface area (Å²) in [6.07, 6.45) is 1.40. The van der Waals surface area contributed by atoms with Gasteiger partial charge in [-0.15, -0.1) is 0 Å². The van der Waals surface area contributed by atoms with Gasteiger partial charge in [0.25, 0.3) is 16.8 Å². The van der Waals surface area contributed by atoms with Crippen molar-refractivity contribution in [1.29, 1.82) is 5.26 Å². The summed E-state index contributed by atoms with van der Waals surface area (Å²) in [5.41, 5.74) is 3.15. The van der Waals surface area contributed by atoms with E-state index in [4.69, 9.17) is 0 Å². The van der Waals surface area contributed by atoms with Crippen LogP contribution in [0, 0.1) is 48.1 Å². The highest BCUT2D eigenvalue weighted by molar-refractivity contribution is 7.91. The average molecular weight is 529 g/mol. The molecule has 13 heteroatoms. The zero-order valence-corrected chi connectivity index (χ0v) is 21.9. The normalized spacial score (nSPS) is 12.0. The summed E-state index contributed by atoms with van der Waals surface area (Å²) < 4.78 is 30.3. The number of benzene rings is 1. The maximum absolute atomic E-state index is 12.7. The number of carbonyl (C=O) groups excluding carboxylic acids is 1. The topological polar surface area (TPSA) is 161 Å². The Labute approximate surface area is 212 Å². The molecule has 11 nitrogen and oxygen atoms in total. The second kappa shape index (κ2) is 10.4. The number of nitriles is 1. The van der Waals surface area contributed by atoms with Gasteiger partial charge in [-0.1, -0.05) is 19.9 Å². The maximum atomic E-state index is 12.7. The number of nitro benzene ring substituents is 1. The molecule has 0 bridgehead atoms. The summed E-state index contributed by atoms with van der Waals surface area (Å²) >= 11 is 0.710. The van der Waals surface area contributed by atoms with Crippen molar-refractivity contribution in [2.75, 3.05) is 11.1 Å². The van der Waals surface area contributed by atoms with Crippen LogP contribution in [0.4, 0.5) is 10.8 Å². The first-order valence-corrected chi connectivity index (χ1v) is 13.2. The quantitative estimate of drug-likeness (QED) is 0.197. The molecule has 3 rings (SSSR count). The van der Waals surface area contributed by atoms with E-state index in [1.165, 1.54) is 18.2 Å². The molecule has 1 aromatic carbocycles. The molecule has 0 saturated heterocycles. The summed E-state index contributed by atoms with van der Waals surface area (Å²) in [4.78, 5) is 27.4. The molecule has 36 heavy (non-hydrogen) atoms. The molecule has 0 radical (unpaired) electrons. The number of nitrogens with zero attached hydrogens (tertiary/aromatic N) is 5. The highest BCUT2D eigenvalue weighted by Crippen LogP contribution is 2.28. The first kappa shape index (κ1) is 26.7. The van der Waals surface area contributed by atoms with Gasteiger partial charge in [0.2, 0.25) is 15.0 Å². The van der Waals surface area contributed by atoms with Crippen LogP contribution < -0.4 is 5.32 Å². The number of hydrogen-bond acceptors (Lipinski definition) is 9. The number of aryl methyl sites for hydroxylation is 2. The van der Waals surface area contributed by atoms with Gasteiger partial charge in [-0.3, -0.25) is 20.2 Å². The van der Waals surface area contributed by atoms with Gasteiger partial charge < -0.3 is 4.57 Å². The van der Waals surface area contributed by atoms with Gasteiger partial charge in [0.15, 0.2) is 0 Å². The Balaban J connectivity index is 1.91. The molecule has 0 aliphatic rings. The molecule has 0 saturated carbocycles. The fraction of sp³-hybridized carbons (Fsp3) is 0.304. The minimum absolute atomic E-state index is 0.0406. The monoisotopic (exact) mass is 528 g/mol. The number of sulfone groups is 1. The van der Waals surface area contributed by atoms with Gasteiger partial charge in [0.05, 0.1) is 16.4 Å². The molecule has 1 N–H and O–H groups in total. The lowest BCUT2D eigenvalue weighted by Gasteiger charge is -2.12. The van der Waals surface area contributed by atoms with E-state index in [0.717, 1.165) is 11.3 Å². The molecular formula is C23H24N6O5S2. The Bertz CT molecular complexity index is 1530. The lowest BCUT2D eigenvalue weighted by molar-refractivity contribution is -0.384. The van der Waals surface area contributed by atoms with E-state index in [1.54, 1.807) is 32.9 Å². The highest BCUT2D eigenvalue weighted by Gasteiger charge is 2.23. The number of hydrogen-bond donors (Lipinski definition) is 1. The Morgan fingerprint density at radius 1 is 1.31 bits per heavy atom. The molecule has 2 aromatic heterocycles. The van der Waals surface area contributed by atoms with Crippen LogP contribution in [0.25, 0.3) is 11.8 Å². The number of carbonyl (C=O) groups is 1. The van der Waals surface area contributed by atoms with Gasteiger partial charge in [-0.2, -0.15) is 14.6 Å². The minimum Gasteiger partial charge on any atom is -0.317 e. The van der Waals surface area contributed by atoms with Crippen molar-refractivity contribution in [2.24, 2.45) is 5.92 Å². The van der Waals surface area contributed by atoms with Gasteiger partial charge in [-0.25, -0.2) is 8.42 Å². The predicted octanol–water partition coefficient (Wildman–Crippen LogP) is 4.14. The fourth-order valence-corrected chi connectivity index (χ4v) is 5.98. The maximum Gasteiger partial charge on any atom is 0.271 e. The lowest BCUT2D eigenvalue weighted by Crippen LogP contribution is -2.15. The Morgan fingerprint density at radius 2 is 2.00 bits per heavy atom. The highest BCUT2D eigenvalue weighted by atomic mass is 32.2. The molecule has 0 spiro atoms. The number of amides is 1. The lowest BCUT2D eigenvalue weighted by atomic mass is 10.1. The second-order valence-corrected chi connectivity index (χ2v) is 11.3. The SMILES string of the molecule is Cc1ccc([N+](=O)[O-])cc1-n1c(C)cc(C=C(C#N)C(=O)Nc2nc(S(=O)(=O)CC(C)C)ns2)c1C. The van der Waals surface area contributed by atoms with Gasteiger partial charge >= 0.3 is 0 Å². The Hall–Kier alpha value is -3.89. The minimum atomic E-state index is -3.68. The molecule has 3 aromatic rings. The largest absolute Gasteiger partial charge is 0.317 e. The first-order valence-electron chi connectivity index (χ1n) is 10.8. The van der Waals surface area contributed by atoms with E-state index in [-0.39, 0.29) is 33.2 Å². The van der Waals surface area contributed by atoms with Crippen molar-refractivity contribution < 1.29 is 18.1 Å². The van der Waals surface area contributed by atoms with Crippen LogP contribution in [0.3, 0.4) is 0 Å². The average Bonchev–Trinajstić information content (AvgIpc) is 3.36. The zero-order valence-electron chi connectivity index (χ0n) is 20.3. The summed E-state index contributed by atoms with van der Waals surface area (Å²) in [7, 11) is -3.68. The number of rotatable bonds is 8. The molecule has 0 fully saturated rings. The number of nitro groups is 1. The Kier molecular flexibility index (Phi) is 7.71. The van der Waals surface area contributed by atoms with Crippen molar-refractivity contribution in [3.05, 3.63) is 62.5 Å². The van der Waals surface area contributed by atoms with Crippen LogP contribution in [0.15, 0.2) is 35.0 Å². The third kappa shape index (κ3) is 5.67. The molecule has 0 atom stereocenters. The number of aromatic nitrogens is 3. The summed E-state index contributed by atoms with van der Waals surface area (Å²) in [5.74, 6) is -1.01. The number of nitrogens with one attached hydrogen (secondary N) is 1. The van der Waals surface area contributed by atoms with E-state index < -0.39 is 20.7 Å². The zero-order chi connectivity index (χ0) is 26.8. The number of non-ortho nitro benzene ring substituents is 1. The van der Waals surface area contributed by atoms with Gasteiger partial charge in [-0.05, 0) is 50.0 Å². The third-order valence-electron chi connectivity index (χ3n) is 5.24. The van der Waals surface area contributed by atoms with Crippen molar-refractivity contribution in [3.8, 4) is 11.8 Å². The smallest absolute Gasteiger partial charge is 0.271 e. The van der Waals surface area contributed by atoms with Gasteiger partial charge in [0.1, 0.15) is 11.6 Å². The number of anilines is 1. The Morgan fingerprint density at radius 3 is 2.61 bits per heavy atom. The molecule has 0 aliphatic heterocycles. The van der Waals surface area contributed by atoms with Gasteiger partial charge in [0, 0.05) is 35.1 Å². The van der Waals surface area contributed by atoms with Crippen LogP contribution in [-0.2, 0) is 14.6 Å². The second-order valence-electron chi connectivity index (χ2n) is 8.57. The van der Waals surface area contributed by atoms with E-state index in [0.29, 0.717) is 28.5 Å². The van der Waals surface area contributed by atoms with Crippen molar-refractivity contribution in [1.82, 2.24) is 13.9 Å². The van der Waals surface area contributed by atoms with Crippen LogP contribution in [0.1, 0.15) is 36.4 Å². The molecule has 188 valence electrons. The van der Waals surface area contributed by atoms with E-state index >= 15 is 0 Å². The molecular weight excluding hydrogens is 504 g/mol. The standard InChI is InChI=1S/C23H24N6O5S2/c1-13(2)12-36(33,34)23-26-22(35-27-23)25-21(30)18(11-24)9-17-8-15(4)28(16(17)5)20-10-19(29(31)32)7-6-14(20)3/h6-10,13H,12H2,1-5H3,(H,25,26,27,30). The summed E-state index contributed by atoms with van der Waals surface area (Å²) in [6.45, 7) is 8.94. The molecule has 0 unspecified atom stereocenters. The van der Waals surface area contributed by atoms with Crippen LogP contribution in [0.2, 0.25) is 0 Å². The predicted molar refractivity (Wildman–Crippen MR) is 136 cm³/mol. The van der Waals surface area contributed by atoms with E-state index in [2.05, 4.69) is 14.7 Å². The van der Waals surface area contributed by atoms with Crippen molar-refractivity contribution in [2.45, 2.75) is 39.8 Å². The van der Waals surface area contributed by atoms with E-state index in [1.807, 2.05) is 24.5 Å².